The van der Waals surface area contributed by atoms with Gasteiger partial charge in [0.15, 0.2) is 0 Å². The molecule has 0 saturated carbocycles. The summed E-state index contributed by atoms with van der Waals surface area (Å²) in [5.41, 5.74) is 4.66. The molecule has 2 aliphatic rings. The van der Waals surface area contributed by atoms with Gasteiger partial charge in [0, 0.05) is 22.9 Å². The smallest absolute Gasteiger partial charge is 0.507 e. The van der Waals surface area contributed by atoms with Crippen molar-refractivity contribution in [3.63, 3.8) is 0 Å². The molecule has 4 unspecified atom stereocenters. The van der Waals surface area contributed by atoms with Gasteiger partial charge < -0.3 is 9.63 Å². The highest BCUT2D eigenvalue weighted by molar-refractivity contribution is 7.49. The molecule has 4 atom stereocenters. The summed E-state index contributed by atoms with van der Waals surface area (Å²) in [7, 11) is -3.98. The molecule has 5 nitrogen and oxygen atoms in total. The summed E-state index contributed by atoms with van der Waals surface area (Å²) in [4.78, 5) is 0. The van der Waals surface area contributed by atoms with Gasteiger partial charge in [0.25, 0.3) is 0 Å². The van der Waals surface area contributed by atoms with E-state index in [0.29, 0.717) is 22.8 Å². The predicted octanol–water partition coefficient (Wildman–Crippen LogP) is 9.46. The fourth-order valence-electron chi connectivity index (χ4n) is 5.32. The van der Waals surface area contributed by atoms with Gasteiger partial charge in [-0.25, -0.2) is 4.57 Å². The minimum absolute atomic E-state index is 0.135. The van der Waals surface area contributed by atoms with E-state index in [-0.39, 0.29) is 24.2 Å². The number of phenols is 1. The zero-order chi connectivity index (χ0) is 26.6. The zero-order valence-corrected chi connectivity index (χ0v) is 23.7. The second-order valence-corrected chi connectivity index (χ2v) is 12.3. The number of hydrogen-bond acceptors (Lipinski definition) is 5. The zero-order valence-electron chi connectivity index (χ0n) is 22.0. The fourth-order valence-corrected chi connectivity index (χ4v) is 6.94. The Morgan fingerprint density at radius 2 is 2.05 bits per heavy atom. The number of aryl methyl sites for hydroxylation is 1. The molecule has 1 N–H and O–H groups in total. The van der Waals surface area contributed by atoms with Crippen LogP contribution in [0, 0.1) is 5.92 Å². The van der Waals surface area contributed by atoms with Crippen molar-refractivity contribution in [2.75, 3.05) is 6.61 Å². The number of hydrogen-bond donors (Lipinski definition) is 1. The van der Waals surface area contributed by atoms with E-state index in [1.54, 1.807) is 12.1 Å². The largest absolute Gasteiger partial charge is 0.530 e. The minimum atomic E-state index is -3.98. The van der Waals surface area contributed by atoms with Crippen LogP contribution in [0.25, 0.3) is 0 Å². The van der Waals surface area contributed by atoms with E-state index in [1.807, 2.05) is 31.2 Å². The molecule has 1 aliphatic heterocycles. The second-order valence-electron chi connectivity index (χ2n) is 10.3. The van der Waals surface area contributed by atoms with Gasteiger partial charge in [-0.3, -0.25) is 9.05 Å². The number of benzene rings is 2. The molecule has 37 heavy (non-hydrogen) atoms. The molecule has 0 spiro atoms. The van der Waals surface area contributed by atoms with Crippen LogP contribution in [0.1, 0.15) is 88.0 Å². The Morgan fingerprint density at radius 3 is 2.78 bits per heavy atom. The molecule has 4 rings (SSSR count). The Bertz CT molecular complexity index is 1210. The van der Waals surface area contributed by atoms with E-state index in [2.05, 4.69) is 26.5 Å². The van der Waals surface area contributed by atoms with Crippen LogP contribution < -0.4 is 4.52 Å². The Kier molecular flexibility index (Phi) is 9.24. The Morgan fingerprint density at radius 1 is 1.24 bits per heavy atom. The molecule has 2 aromatic carbocycles. The maximum absolute atomic E-state index is 13.9. The molecule has 1 aliphatic carbocycles. The lowest BCUT2D eigenvalue weighted by Crippen LogP contribution is -2.19. The molecule has 0 radical (unpaired) electrons. The SMILES string of the molecule is C=C(C)C1CCC(C)=CC1c1c(O)cc(CCCCC)cc1OP1(=O)OCCC(c2cccc(Cl)c2)O1. The predicted molar refractivity (Wildman–Crippen MR) is 149 cm³/mol. The van der Waals surface area contributed by atoms with Crippen LogP contribution in [0.5, 0.6) is 11.5 Å². The number of halogens is 1. The maximum atomic E-state index is 13.9. The third kappa shape index (κ3) is 6.89. The number of phosphoric ester groups is 1. The highest BCUT2D eigenvalue weighted by Gasteiger charge is 2.40. The number of rotatable bonds is 9. The standard InChI is InChI=1S/C30H38ClO5P/c1-5-6-7-9-22-17-27(32)30(26-16-21(4)12-13-25(26)20(2)3)29(18-22)36-37(33)34-15-14-28(35-37)23-10-8-11-24(31)19-23/h8,10-11,16-19,25-26,28,32H,2,5-7,9,12-15H2,1,3-4H3. The summed E-state index contributed by atoms with van der Waals surface area (Å²) in [6, 6.07) is 11.0. The molecule has 1 saturated heterocycles. The van der Waals surface area contributed by atoms with E-state index in [1.165, 1.54) is 5.57 Å². The van der Waals surface area contributed by atoms with E-state index in [0.717, 1.165) is 55.2 Å². The molecule has 0 amide bonds. The topological polar surface area (TPSA) is 65.0 Å². The normalized spacial score (nSPS) is 25.9. The van der Waals surface area contributed by atoms with E-state index < -0.39 is 13.9 Å². The lowest BCUT2D eigenvalue weighted by molar-refractivity contribution is 0.0507. The van der Waals surface area contributed by atoms with Crippen molar-refractivity contribution >= 4 is 19.4 Å². The maximum Gasteiger partial charge on any atom is 0.530 e. The fraction of sp³-hybridized carbons (Fsp3) is 0.467. The summed E-state index contributed by atoms with van der Waals surface area (Å²) in [5.74, 6) is 0.479. The van der Waals surface area contributed by atoms with Crippen LogP contribution in [0.15, 0.2) is 60.2 Å². The van der Waals surface area contributed by atoms with Gasteiger partial charge in [-0.1, -0.05) is 67.3 Å². The van der Waals surface area contributed by atoms with Crippen molar-refractivity contribution in [3.05, 3.63) is 81.9 Å². The molecular formula is C30H38ClO5P. The number of phenolic OH excluding ortho intramolecular Hbond substituents is 1. The van der Waals surface area contributed by atoms with Crippen molar-refractivity contribution in [2.24, 2.45) is 5.92 Å². The number of allylic oxidation sites excluding steroid dienone is 3. The first-order valence-corrected chi connectivity index (χ1v) is 15.1. The average Bonchev–Trinajstić information content (AvgIpc) is 2.83. The molecule has 1 fully saturated rings. The lowest BCUT2D eigenvalue weighted by Gasteiger charge is -2.34. The van der Waals surface area contributed by atoms with Crippen molar-refractivity contribution in [1.29, 1.82) is 0 Å². The highest BCUT2D eigenvalue weighted by atomic mass is 35.5. The van der Waals surface area contributed by atoms with Crippen LogP contribution in [-0.2, 0) is 20.0 Å². The van der Waals surface area contributed by atoms with Crippen LogP contribution in [0.2, 0.25) is 5.02 Å². The quantitative estimate of drug-likeness (QED) is 0.193. The number of unbranched alkanes of at least 4 members (excludes halogenated alkanes) is 2. The van der Waals surface area contributed by atoms with Gasteiger partial charge in [-0.15, -0.1) is 0 Å². The van der Waals surface area contributed by atoms with Crippen LogP contribution in [0.4, 0.5) is 0 Å². The van der Waals surface area contributed by atoms with Gasteiger partial charge in [0.2, 0.25) is 0 Å². The summed E-state index contributed by atoms with van der Waals surface area (Å²) < 4.78 is 31.6. The van der Waals surface area contributed by atoms with E-state index in [4.69, 9.17) is 25.2 Å². The lowest BCUT2D eigenvalue weighted by atomic mass is 9.73. The minimum Gasteiger partial charge on any atom is -0.507 e. The molecule has 0 aromatic heterocycles. The summed E-state index contributed by atoms with van der Waals surface area (Å²) in [5, 5.41) is 11.9. The van der Waals surface area contributed by atoms with E-state index in [9.17, 15) is 9.67 Å². The first kappa shape index (κ1) is 28.0. The highest BCUT2D eigenvalue weighted by Crippen LogP contribution is 2.59. The molecule has 1 heterocycles. The molecule has 7 heteroatoms. The van der Waals surface area contributed by atoms with Crippen LogP contribution >= 0.6 is 19.4 Å². The third-order valence-corrected chi connectivity index (χ3v) is 8.95. The average molecular weight is 545 g/mol. The molecule has 2 aromatic rings. The monoisotopic (exact) mass is 544 g/mol. The van der Waals surface area contributed by atoms with Gasteiger partial charge in [0.05, 0.1) is 12.7 Å². The van der Waals surface area contributed by atoms with Gasteiger partial charge in [-0.05, 0) is 80.8 Å². The Hall–Kier alpha value is -2.04. The van der Waals surface area contributed by atoms with Crippen molar-refractivity contribution in [3.8, 4) is 11.5 Å². The number of aromatic hydroxyl groups is 1. The van der Waals surface area contributed by atoms with Gasteiger partial charge in [0.1, 0.15) is 11.5 Å². The summed E-state index contributed by atoms with van der Waals surface area (Å²) in [6.45, 7) is 10.7. The third-order valence-electron chi connectivity index (χ3n) is 7.28. The molecular weight excluding hydrogens is 507 g/mol. The summed E-state index contributed by atoms with van der Waals surface area (Å²) >= 11 is 6.18. The first-order valence-electron chi connectivity index (χ1n) is 13.3. The summed E-state index contributed by atoms with van der Waals surface area (Å²) in [6.07, 6.45) is 8.12. The van der Waals surface area contributed by atoms with Crippen LogP contribution in [-0.4, -0.2) is 11.7 Å². The van der Waals surface area contributed by atoms with Crippen molar-refractivity contribution < 1.29 is 23.2 Å². The van der Waals surface area contributed by atoms with E-state index >= 15 is 0 Å². The van der Waals surface area contributed by atoms with Crippen molar-refractivity contribution in [1.82, 2.24) is 0 Å². The van der Waals surface area contributed by atoms with Crippen molar-refractivity contribution in [2.45, 2.75) is 77.7 Å². The Balaban J connectivity index is 1.72. The Labute approximate surface area is 226 Å². The first-order chi connectivity index (χ1) is 17.7. The second kappa shape index (κ2) is 12.2. The molecule has 0 bridgehead atoms. The van der Waals surface area contributed by atoms with Gasteiger partial charge >= 0.3 is 7.82 Å². The number of phosphoric acid groups is 1. The van der Waals surface area contributed by atoms with Crippen LogP contribution in [0.3, 0.4) is 0 Å². The molecule has 200 valence electrons. The van der Waals surface area contributed by atoms with Gasteiger partial charge in [-0.2, -0.15) is 0 Å².